The number of carbonyl (C=O) groups is 1. The Morgan fingerprint density at radius 2 is 2.12 bits per heavy atom. The molecular formula is C12H16FNO2. The van der Waals surface area contributed by atoms with Crippen LogP contribution in [0.2, 0.25) is 0 Å². The van der Waals surface area contributed by atoms with E-state index >= 15 is 0 Å². The summed E-state index contributed by atoms with van der Waals surface area (Å²) in [6.45, 7) is 2.04. The number of nitrogens with zero attached hydrogens (tertiary/aromatic N) is 1. The molecule has 0 radical (unpaired) electrons. The van der Waals surface area contributed by atoms with Crippen LogP contribution in [-0.4, -0.2) is 36.6 Å². The molecule has 0 saturated carbocycles. The molecule has 0 fully saturated rings. The summed E-state index contributed by atoms with van der Waals surface area (Å²) in [6.07, 6.45) is 0. The summed E-state index contributed by atoms with van der Waals surface area (Å²) in [4.78, 5) is 12.9. The van der Waals surface area contributed by atoms with Crippen molar-refractivity contribution in [1.29, 1.82) is 0 Å². The second kappa shape index (κ2) is 5.07. The van der Waals surface area contributed by atoms with Crippen LogP contribution in [0.1, 0.15) is 17.0 Å². The quantitative estimate of drug-likeness (QED) is 0.850. The molecule has 0 aliphatic carbocycles. The summed E-state index contributed by atoms with van der Waals surface area (Å²) in [5.41, 5.74) is 1.11. The van der Waals surface area contributed by atoms with Gasteiger partial charge in [0.25, 0.3) is 0 Å². The van der Waals surface area contributed by atoms with Crippen molar-refractivity contribution in [3.05, 3.63) is 35.1 Å². The molecule has 1 N–H and O–H groups in total. The average molecular weight is 225 g/mol. The highest BCUT2D eigenvalue weighted by Gasteiger charge is 2.21. The number of carboxylic acid groups (broad SMARTS) is 1. The Hall–Kier alpha value is -1.42. The third-order valence-corrected chi connectivity index (χ3v) is 2.43. The van der Waals surface area contributed by atoms with E-state index in [1.54, 1.807) is 17.9 Å². The zero-order chi connectivity index (χ0) is 12.3. The van der Waals surface area contributed by atoms with Gasteiger partial charge >= 0.3 is 5.97 Å². The molecule has 1 aromatic carbocycles. The van der Waals surface area contributed by atoms with Gasteiger partial charge in [0.15, 0.2) is 0 Å². The smallest absolute Gasteiger partial charge is 0.312 e. The monoisotopic (exact) mass is 225 g/mol. The third kappa shape index (κ3) is 3.03. The van der Waals surface area contributed by atoms with E-state index in [1.165, 1.54) is 12.1 Å². The van der Waals surface area contributed by atoms with E-state index in [4.69, 9.17) is 5.11 Å². The van der Waals surface area contributed by atoms with Crippen molar-refractivity contribution in [1.82, 2.24) is 4.90 Å². The summed E-state index contributed by atoms with van der Waals surface area (Å²) in [5.74, 6) is -1.81. The van der Waals surface area contributed by atoms with Crippen molar-refractivity contribution in [2.75, 3.05) is 20.6 Å². The molecule has 0 amide bonds. The van der Waals surface area contributed by atoms with Gasteiger partial charge in [0.1, 0.15) is 5.82 Å². The van der Waals surface area contributed by atoms with Crippen molar-refractivity contribution in [2.45, 2.75) is 12.8 Å². The summed E-state index contributed by atoms with van der Waals surface area (Å²) in [7, 11) is 3.62. The molecule has 0 heterocycles. The zero-order valence-corrected chi connectivity index (χ0v) is 9.70. The Labute approximate surface area is 94.5 Å². The number of hydrogen-bond donors (Lipinski definition) is 1. The number of carboxylic acids is 1. The van der Waals surface area contributed by atoms with Crippen LogP contribution in [0.5, 0.6) is 0 Å². The van der Waals surface area contributed by atoms with Crippen LogP contribution in [0.3, 0.4) is 0 Å². The largest absolute Gasteiger partial charge is 0.481 e. The lowest BCUT2D eigenvalue weighted by Crippen LogP contribution is -2.26. The molecule has 16 heavy (non-hydrogen) atoms. The molecule has 0 saturated heterocycles. The molecule has 1 rings (SSSR count). The molecule has 1 aromatic rings. The molecule has 1 atom stereocenters. The van der Waals surface area contributed by atoms with Gasteiger partial charge in [-0.25, -0.2) is 4.39 Å². The molecule has 0 spiro atoms. The van der Waals surface area contributed by atoms with E-state index in [1.807, 2.05) is 14.1 Å². The van der Waals surface area contributed by atoms with Crippen LogP contribution in [0, 0.1) is 12.7 Å². The number of halogens is 1. The van der Waals surface area contributed by atoms with Gasteiger partial charge in [0.2, 0.25) is 0 Å². The second-order valence-electron chi connectivity index (χ2n) is 4.16. The van der Waals surface area contributed by atoms with Crippen LogP contribution >= 0.6 is 0 Å². The standard InChI is InChI=1S/C12H16FNO2/c1-8-6-9(4-5-11(8)13)10(12(15)16)7-14(2)3/h4-6,10H,7H2,1-3H3,(H,15,16). The van der Waals surface area contributed by atoms with Crippen molar-refractivity contribution in [2.24, 2.45) is 0 Å². The van der Waals surface area contributed by atoms with Gasteiger partial charge in [0.05, 0.1) is 5.92 Å². The second-order valence-corrected chi connectivity index (χ2v) is 4.16. The number of rotatable bonds is 4. The lowest BCUT2D eigenvalue weighted by Gasteiger charge is -2.18. The maximum Gasteiger partial charge on any atom is 0.312 e. The van der Waals surface area contributed by atoms with E-state index in [2.05, 4.69) is 0 Å². The van der Waals surface area contributed by atoms with Gasteiger partial charge < -0.3 is 10.0 Å². The van der Waals surface area contributed by atoms with Gasteiger partial charge in [-0.15, -0.1) is 0 Å². The van der Waals surface area contributed by atoms with Crippen LogP contribution < -0.4 is 0 Å². The summed E-state index contributed by atoms with van der Waals surface area (Å²) >= 11 is 0. The average Bonchev–Trinajstić information content (AvgIpc) is 2.18. The Balaban J connectivity index is 3.01. The van der Waals surface area contributed by atoms with E-state index in [0.29, 0.717) is 17.7 Å². The van der Waals surface area contributed by atoms with Gasteiger partial charge in [-0.3, -0.25) is 4.79 Å². The summed E-state index contributed by atoms with van der Waals surface area (Å²) < 4.78 is 13.1. The lowest BCUT2D eigenvalue weighted by atomic mass is 9.97. The highest BCUT2D eigenvalue weighted by atomic mass is 19.1. The lowest BCUT2D eigenvalue weighted by molar-refractivity contribution is -0.139. The molecule has 1 unspecified atom stereocenters. The molecule has 4 heteroatoms. The molecule has 0 aliphatic rings. The first kappa shape index (κ1) is 12.6. The normalized spacial score (nSPS) is 12.8. The van der Waals surface area contributed by atoms with E-state index < -0.39 is 11.9 Å². The first-order chi connectivity index (χ1) is 7.41. The minimum Gasteiger partial charge on any atom is -0.481 e. The van der Waals surface area contributed by atoms with Crippen molar-refractivity contribution in [3.8, 4) is 0 Å². The number of hydrogen-bond acceptors (Lipinski definition) is 2. The van der Waals surface area contributed by atoms with Gasteiger partial charge in [0, 0.05) is 6.54 Å². The predicted octanol–water partition coefficient (Wildman–Crippen LogP) is 1.86. The molecule has 0 aromatic heterocycles. The summed E-state index contributed by atoms with van der Waals surface area (Å²) in [6, 6.07) is 4.44. The fourth-order valence-electron chi connectivity index (χ4n) is 1.58. The number of benzene rings is 1. The van der Waals surface area contributed by atoms with Crippen LogP contribution in [0.25, 0.3) is 0 Å². The predicted molar refractivity (Wildman–Crippen MR) is 60.1 cm³/mol. The minimum atomic E-state index is -0.889. The Morgan fingerprint density at radius 3 is 2.56 bits per heavy atom. The third-order valence-electron chi connectivity index (χ3n) is 2.43. The Kier molecular flexibility index (Phi) is 4.01. The molecular weight excluding hydrogens is 209 g/mol. The number of aryl methyl sites for hydroxylation is 1. The van der Waals surface area contributed by atoms with Gasteiger partial charge in [-0.05, 0) is 38.2 Å². The van der Waals surface area contributed by atoms with E-state index in [0.717, 1.165) is 0 Å². The molecule has 0 bridgehead atoms. The van der Waals surface area contributed by atoms with Crippen LogP contribution in [0.15, 0.2) is 18.2 Å². The van der Waals surface area contributed by atoms with Crippen molar-refractivity contribution < 1.29 is 14.3 Å². The maximum absolute atomic E-state index is 13.1. The maximum atomic E-state index is 13.1. The zero-order valence-electron chi connectivity index (χ0n) is 9.70. The Bertz CT molecular complexity index is 391. The van der Waals surface area contributed by atoms with Gasteiger partial charge in [-0.1, -0.05) is 12.1 Å². The fraction of sp³-hybridized carbons (Fsp3) is 0.417. The van der Waals surface area contributed by atoms with Gasteiger partial charge in [-0.2, -0.15) is 0 Å². The fourth-order valence-corrected chi connectivity index (χ4v) is 1.58. The SMILES string of the molecule is Cc1cc(C(CN(C)C)C(=O)O)ccc1F. The van der Waals surface area contributed by atoms with Crippen LogP contribution in [0.4, 0.5) is 4.39 Å². The first-order valence-electron chi connectivity index (χ1n) is 5.05. The Morgan fingerprint density at radius 1 is 1.50 bits per heavy atom. The van der Waals surface area contributed by atoms with Crippen LogP contribution in [-0.2, 0) is 4.79 Å². The van der Waals surface area contributed by atoms with Crippen molar-refractivity contribution >= 4 is 5.97 Å². The molecule has 3 nitrogen and oxygen atoms in total. The summed E-state index contributed by atoms with van der Waals surface area (Å²) in [5, 5.41) is 9.12. The molecule has 88 valence electrons. The highest BCUT2D eigenvalue weighted by molar-refractivity contribution is 5.76. The number of likely N-dealkylation sites (N-methyl/N-ethyl adjacent to an activating group) is 1. The van der Waals surface area contributed by atoms with Crippen molar-refractivity contribution in [3.63, 3.8) is 0 Å². The number of aliphatic carboxylic acids is 1. The topological polar surface area (TPSA) is 40.5 Å². The first-order valence-corrected chi connectivity index (χ1v) is 5.05. The highest BCUT2D eigenvalue weighted by Crippen LogP contribution is 2.19. The molecule has 0 aliphatic heterocycles. The van der Waals surface area contributed by atoms with E-state index in [-0.39, 0.29) is 5.82 Å². The van der Waals surface area contributed by atoms with E-state index in [9.17, 15) is 9.18 Å². The minimum absolute atomic E-state index is 0.308.